The zero-order chi connectivity index (χ0) is 14.0. The van der Waals surface area contributed by atoms with Gasteiger partial charge in [-0.3, -0.25) is 4.79 Å². The van der Waals surface area contributed by atoms with Crippen molar-refractivity contribution in [2.45, 2.75) is 13.3 Å². The lowest BCUT2D eigenvalue weighted by Crippen LogP contribution is -2.26. The van der Waals surface area contributed by atoms with Gasteiger partial charge in [0.1, 0.15) is 0 Å². The van der Waals surface area contributed by atoms with Crippen LogP contribution in [0.2, 0.25) is 10.0 Å². The molecule has 0 aromatic heterocycles. The topological polar surface area (TPSA) is 69.1 Å². The molecular formula is C12H12Cl2N4O. The van der Waals surface area contributed by atoms with Crippen molar-refractivity contribution in [1.29, 1.82) is 0 Å². The Morgan fingerprint density at radius 1 is 1.53 bits per heavy atom. The van der Waals surface area contributed by atoms with Crippen LogP contribution in [0.4, 0.5) is 5.69 Å². The molecule has 0 bridgehead atoms. The van der Waals surface area contributed by atoms with E-state index in [1.807, 2.05) is 6.92 Å². The smallest absolute Gasteiger partial charge is 0.227 e. The first-order valence-electron chi connectivity index (χ1n) is 5.79. The Morgan fingerprint density at radius 2 is 2.26 bits per heavy atom. The van der Waals surface area contributed by atoms with Crippen molar-refractivity contribution in [3.8, 4) is 0 Å². The number of azide groups is 1. The van der Waals surface area contributed by atoms with E-state index in [0.717, 1.165) is 5.56 Å². The van der Waals surface area contributed by atoms with Gasteiger partial charge in [-0.05, 0) is 36.1 Å². The Labute approximate surface area is 120 Å². The normalized spacial score (nSPS) is 18.6. The number of benzene rings is 1. The summed E-state index contributed by atoms with van der Waals surface area (Å²) in [7, 11) is 0. The lowest BCUT2D eigenvalue weighted by Gasteiger charge is -2.20. The molecule has 1 heterocycles. The van der Waals surface area contributed by atoms with Crippen LogP contribution in [-0.4, -0.2) is 19.0 Å². The van der Waals surface area contributed by atoms with Gasteiger partial charge in [0.25, 0.3) is 0 Å². The minimum atomic E-state index is -0.00883. The standard InChI is InChI=1S/C12H12Cl2N4O/c1-7-2-9(13)4-10(14)12(7)18-6-8(3-11(18)19)5-16-17-15/h2,4,8H,3,5-6H2,1H3. The van der Waals surface area contributed by atoms with Crippen LogP contribution in [0.3, 0.4) is 0 Å². The summed E-state index contributed by atoms with van der Waals surface area (Å²) in [5.74, 6) is 0.0278. The van der Waals surface area contributed by atoms with E-state index in [9.17, 15) is 4.79 Å². The first kappa shape index (κ1) is 14.0. The van der Waals surface area contributed by atoms with Gasteiger partial charge in [-0.15, -0.1) is 0 Å². The predicted molar refractivity (Wildman–Crippen MR) is 75.7 cm³/mol. The predicted octanol–water partition coefficient (Wildman–Crippen LogP) is 3.97. The molecule has 0 saturated carbocycles. The van der Waals surface area contributed by atoms with E-state index < -0.39 is 0 Å². The maximum absolute atomic E-state index is 12.0. The molecule has 100 valence electrons. The van der Waals surface area contributed by atoms with Crippen LogP contribution in [0.1, 0.15) is 12.0 Å². The van der Waals surface area contributed by atoms with Crippen LogP contribution in [0.15, 0.2) is 17.2 Å². The second-order valence-corrected chi connectivity index (χ2v) is 5.38. The van der Waals surface area contributed by atoms with Crippen molar-refractivity contribution in [1.82, 2.24) is 0 Å². The van der Waals surface area contributed by atoms with Crippen molar-refractivity contribution in [3.63, 3.8) is 0 Å². The molecule has 1 atom stereocenters. The second-order valence-electron chi connectivity index (χ2n) is 4.54. The number of carbonyl (C=O) groups is 1. The van der Waals surface area contributed by atoms with E-state index in [2.05, 4.69) is 10.0 Å². The molecule has 1 aromatic rings. The summed E-state index contributed by atoms with van der Waals surface area (Å²) in [4.78, 5) is 16.4. The average molecular weight is 299 g/mol. The van der Waals surface area contributed by atoms with E-state index in [-0.39, 0.29) is 11.8 Å². The lowest BCUT2D eigenvalue weighted by atomic mass is 10.1. The third-order valence-electron chi connectivity index (χ3n) is 3.10. The minimum absolute atomic E-state index is 0.00883. The number of nitrogens with zero attached hydrogens (tertiary/aromatic N) is 4. The molecule has 7 heteroatoms. The van der Waals surface area contributed by atoms with E-state index in [0.29, 0.717) is 35.2 Å². The molecule has 0 aliphatic carbocycles. The van der Waals surface area contributed by atoms with Gasteiger partial charge in [-0.1, -0.05) is 28.3 Å². The third kappa shape index (κ3) is 2.95. The van der Waals surface area contributed by atoms with Crippen LogP contribution in [0.25, 0.3) is 10.4 Å². The Bertz CT molecular complexity index is 546. The molecule has 1 unspecified atom stereocenters. The lowest BCUT2D eigenvalue weighted by molar-refractivity contribution is -0.117. The molecular weight excluding hydrogens is 287 g/mol. The van der Waals surface area contributed by atoms with Crippen LogP contribution in [-0.2, 0) is 4.79 Å². The average Bonchev–Trinajstić information content (AvgIpc) is 2.67. The van der Waals surface area contributed by atoms with Gasteiger partial charge in [0.05, 0.1) is 10.7 Å². The van der Waals surface area contributed by atoms with Crippen molar-refractivity contribution >= 4 is 34.8 Å². The van der Waals surface area contributed by atoms with Crippen LogP contribution in [0, 0.1) is 12.8 Å². The van der Waals surface area contributed by atoms with Crippen LogP contribution in [0.5, 0.6) is 0 Å². The van der Waals surface area contributed by atoms with Gasteiger partial charge in [-0.25, -0.2) is 0 Å². The molecule has 1 aliphatic heterocycles. The number of carbonyl (C=O) groups excluding carboxylic acids is 1. The Balaban J connectivity index is 2.28. The maximum atomic E-state index is 12.0. The van der Waals surface area contributed by atoms with Gasteiger partial charge in [0.2, 0.25) is 5.91 Å². The molecule has 1 saturated heterocycles. The molecule has 1 fully saturated rings. The second kappa shape index (κ2) is 5.70. The number of amides is 1. The highest BCUT2D eigenvalue weighted by molar-refractivity contribution is 6.37. The van der Waals surface area contributed by atoms with Gasteiger partial charge >= 0.3 is 0 Å². The highest BCUT2D eigenvalue weighted by Crippen LogP contribution is 2.36. The van der Waals surface area contributed by atoms with E-state index in [1.165, 1.54) is 0 Å². The molecule has 19 heavy (non-hydrogen) atoms. The monoisotopic (exact) mass is 298 g/mol. The maximum Gasteiger partial charge on any atom is 0.227 e. The first-order chi connectivity index (χ1) is 9.02. The molecule has 5 nitrogen and oxygen atoms in total. The molecule has 0 N–H and O–H groups in total. The fraction of sp³-hybridized carbons (Fsp3) is 0.417. The number of halogens is 2. The number of anilines is 1. The fourth-order valence-electron chi connectivity index (χ4n) is 2.31. The minimum Gasteiger partial charge on any atom is -0.310 e. The number of hydrogen-bond donors (Lipinski definition) is 0. The number of aryl methyl sites for hydroxylation is 1. The summed E-state index contributed by atoms with van der Waals surface area (Å²) >= 11 is 12.1. The molecule has 0 radical (unpaired) electrons. The van der Waals surface area contributed by atoms with E-state index >= 15 is 0 Å². The SMILES string of the molecule is Cc1cc(Cl)cc(Cl)c1N1CC(CN=[N+]=[N-])CC1=O. The summed E-state index contributed by atoms with van der Waals surface area (Å²) in [5, 5.41) is 4.53. The Hall–Kier alpha value is -1.42. The van der Waals surface area contributed by atoms with Gasteiger partial charge in [0.15, 0.2) is 0 Å². The molecule has 1 aromatic carbocycles. The van der Waals surface area contributed by atoms with Crippen LogP contribution < -0.4 is 4.90 Å². The third-order valence-corrected chi connectivity index (χ3v) is 3.60. The largest absolute Gasteiger partial charge is 0.310 e. The van der Waals surface area contributed by atoms with Gasteiger partial charge in [0, 0.05) is 29.4 Å². The van der Waals surface area contributed by atoms with E-state index in [4.69, 9.17) is 28.7 Å². The quantitative estimate of drug-likeness (QED) is 0.473. The van der Waals surface area contributed by atoms with Gasteiger partial charge < -0.3 is 4.90 Å². The van der Waals surface area contributed by atoms with Crippen molar-refractivity contribution < 1.29 is 4.79 Å². The summed E-state index contributed by atoms with van der Waals surface area (Å²) < 4.78 is 0. The summed E-state index contributed by atoms with van der Waals surface area (Å²) in [6.07, 6.45) is 0.372. The number of hydrogen-bond acceptors (Lipinski definition) is 2. The molecule has 0 spiro atoms. The summed E-state index contributed by atoms with van der Waals surface area (Å²) in [6, 6.07) is 3.40. The van der Waals surface area contributed by atoms with E-state index in [1.54, 1.807) is 17.0 Å². The van der Waals surface area contributed by atoms with Crippen molar-refractivity contribution in [3.05, 3.63) is 38.2 Å². The highest BCUT2D eigenvalue weighted by Gasteiger charge is 2.32. The molecule has 1 amide bonds. The Kier molecular flexibility index (Phi) is 4.20. The van der Waals surface area contributed by atoms with Crippen molar-refractivity contribution in [2.75, 3.05) is 18.0 Å². The summed E-state index contributed by atoms with van der Waals surface area (Å²) in [6.45, 7) is 2.70. The zero-order valence-corrected chi connectivity index (χ0v) is 11.8. The van der Waals surface area contributed by atoms with Crippen molar-refractivity contribution in [2.24, 2.45) is 11.0 Å². The molecule has 2 rings (SSSR count). The highest BCUT2D eigenvalue weighted by atomic mass is 35.5. The zero-order valence-electron chi connectivity index (χ0n) is 10.3. The first-order valence-corrected chi connectivity index (χ1v) is 6.55. The fourth-order valence-corrected chi connectivity index (χ4v) is 3.01. The molecule has 1 aliphatic rings. The van der Waals surface area contributed by atoms with Gasteiger partial charge in [-0.2, -0.15) is 0 Å². The summed E-state index contributed by atoms with van der Waals surface area (Å²) in [5.41, 5.74) is 9.87. The number of rotatable bonds is 3. The van der Waals surface area contributed by atoms with Crippen LogP contribution >= 0.6 is 23.2 Å². The Morgan fingerprint density at radius 3 is 2.89 bits per heavy atom.